The van der Waals surface area contributed by atoms with Crippen LogP contribution in [0, 0.1) is 0 Å². The van der Waals surface area contributed by atoms with Crippen LogP contribution in [0.1, 0.15) is 43.7 Å². The number of unbranched alkanes of at least 4 members (excludes halogenated alkanes) is 2. The summed E-state index contributed by atoms with van der Waals surface area (Å²) in [4.78, 5) is 13.9. The van der Waals surface area contributed by atoms with Crippen molar-refractivity contribution in [3.05, 3.63) is 23.3 Å². The van der Waals surface area contributed by atoms with Gasteiger partial charge in [-0.05, 0) is 30.9 Å². The van der Waals surface area contributed by atoms with Crippen LogP contribution in [0.2, 0.25) is 0 Å². The molecule has 0 bridgehead atoms. The molecule has 3 heteroatoms. The predicted octanol–water partition coefficient (Wildman–Crippen LogP) is 3.09. The second kappa shape index (κ2) is 5.24. The molecule has 3 rings (SSSR count). The van der Waals surface area contributed by atoms with Crippen molar-refractivity contribution in [2.45, 2.75) is 45.4 Å². The first-order valence-corrected chi connectivity index (χ1v) is 7.39. The van der Waals surface area contributed by atoms with E-state index in [0.717, 1.165) is 43.9 Å². The van der Waals surface area contributed by atoms with Gasteiger partial charge in [0.05, 0.1) is 12.3 Å². The van der Waals surface area contributed by atoms with E-state index in [-0.39, 0.29) is 5.91 Å². The van der Waals surface area contributed by atoms with Gasteiger partial charge in [0.25, 0.3) is 0 Å². The van der Waals surface area contributed by atoms with E-state index in [1.54, 1.807) is 0 Å². The minimum Gasteiger partial charge on any atom is -0.493 e. The standard InChI is InChI=1S/C16H21NO2/c1-2-3-4-11-19-14-7-5-12-9-10-17-15(18)8-6-13(14)16(12)17/h5,7H,2-4,6,8-11H2,1H3. The van der Waals surface area contributed by atoms with Crippen molar-refractivity contribution >= 4 is 11.6 Å². The van der Waals surface area contributed by atoms with E-state index < -0.39 is 0 Å². The van der Waals surface area contributed by atoms with Gasteiger partial charge in [-0.3, -0.25) is 4.79 Å². The number of hydrogen-bond donors (Lipinski definition) is 0. The maximum absolute atomic E-state index is 11.9. The summed E-state index contributed by atoms with van der Waals surface area (Å²) in [6.45, 7) is 3.83. The van der Waals surface area contributed by atoms with Crippen molar-refractivity contribution in [3.63, 3.8) is 0 Å². The van der Waals surface area contributed by atoms with E-state index in [9.17, 15) is 4.79 Å². The van der Waals surface area contributed by atoms with Gasteiger partial charge < -0.3 is 9.64 Å². The highest BCUT2D eigenvalue weighted by molar-refractivity contribution is 5.99. The van der Waals surface area contributed by atoms with Crippen LogP contribution in [0.15, 0.2) is 12.1 Å². The molecule has 0 aliphatic carbocycles. The molecule has 102 valence electrons. The fourth-order valence-electron chi connectivity index (χ4n) is 3.08. The molecule has 0 N–H and O–H groups in total. The molecule has 2 aliphatic rings. The van der Waals surface area contributed by atoms with E-state index in [4.69, 9.17) is 4.74 Å². The lowest BCUT2D eigenvalue weighted by atomic mass is 9.98. The maximum atomic E-state index is 11.9. The number of nitrogens with zero attached hydrogens (tertiary/aromatic N) is 1. The summed E-state index contributed by atoms with van der Waals surface area (Å²) in [7, 11) is 0. The molecular weight excluding hydrogens is 238 g/mol. The summed E-state index contributed by atoms with van der Waals surface area (Å²) in [5, 5.41) is 0. The van der Waals surface area contributed by atoms with Gasteiger partial charge in [-0.2, -0.15) is 0 Å². The Morgan fingerprint density at radius 1 is 1.21 bits per heavy atom. The van der Waals surface area contributed by atoms with Crippen LogP contribution in [0.3, 0.4) is 0 Å². The van der Waals surface area contributed by atoms with E-state index >= 15 is 0 Å². The van der Waals surface area contributed by atoms with Crippen molar-refractivity contribution in [1.29, 1.82) is 0 Å². The summed E-state index contributed by atoms with van der Waals surface area (Å²) >= 11 is 0. The van der Waals surface area contributed by atoms with Gasteiger partial charge in [0.1, 0.15) is 5.75 Å². The molecule has 0 atom stereocenters. The van der Waals surface area contributed by atoms with E-state index in [0.29, 0.717) is 6.42 Å². The van der Waals surface area contributed by atoms with Gasteiger partial charge >= 0.3 is 0 Å². The molecule has 0 unspecified atom stereocenters. The SMILES string of the molecule is CCCCCOc1ccc2c3c1CCC(=O)N3CC2. The third kappa shape index (κ3) is 2.22. The molecule has 0 radical (unpaired) electrons. The fourth-order valence-corrected chi connectivity index (χ4v) is 3.08. The molecule has 0 fully saturated rings. The number of benzene rings is 1. The molecule has 1 aromatic carbocycles. The first-order valence-electron chi connectivity index (χ1n) is 7.39. The van der Waals surface area contributed by atoms with Crippen LogP contribution >= 0.6 is 0 Å². The maximum Gasteiger partial charge on any atom is 0.227 e. The van der Waals surface area contributed by atoms with E-state index in [1.165, 1.54) is 24.0 Å². The monoisotopic (exact) mass is 259 g/mol. The van der Waals surface area contributed by atoms with Crippen molar-refractivity contribution in [3.8, 4) is 5.75 Å². The Bertz CT molecular complexity index is 496. The van der Waals surface area contributed by atoms with Crippen LogP contribution in [0.4, 0.5) is 5.69 Å². The summed E-state index contributed by atoms with van der Waals surface area (Å²) in [5.74, 6) is 1.27. The predicted molar refractivity (Wildman–Crippen MR) is 75.8 cm³/mol. The Hall–Kier alpha value is -1.51. The first-order chi connectivity index (χ1) is 9.31. The summed E-state index contributed by atoms with van der Waals surface area (Å²) in [6.07, 6.45) is 5.98. The quantitative estimate of drug-likeness (QED) is 0.760. The van der Waals surface area contributed by atoms with Crippen molar-refractivity contribution < 1.29 is 9.53 Å². The smallest absolute Gasteiger partial charge is 0.227 e. The van der Waals surface area contributed by atoms with E-state index in [2.05, 4.69) is 19.1 Å². The van der Waals surface area contributed by atoms with Gasteiger partial charge in [-0.25, -0.2) is 0 Å². The topological polar surface area (TPSA) is 29.5 Å². The second-order valence-corrected chi connectivity index (χ2v) is 5.40. The van der Waals surface area contributed by atoms with Crippen LogP contribution in [0.5, 0.6) is 5.75 Å². The number of ether oxygens (including phenoxy) is 1. The van der Waals surface area contributed by atoms with Gasteiger partial charge in [0.15, 0.2) is 0 Å². The second-order valence-electron chi connectivity index (χ2n) is 5.40. The summed E-state index contributed by atoms with van der Waals surface area (Å²) in [6, 6.07) is 4.23. The van der Waals surface area contributed by atoms with Crippen molar-refractivity contribution in [2.75, 3.05) is 18.1 Å². The Kier molecular flexibility index (Phi) is 3.45. The van der Waals surface area contributed by atoms with Gasteiger partial charge in [-0.15, -0.1) is 0 Å². The highest BCUT2D eigenvalue weighted by Crippen LogP contribution is 2.41. The van der Waals surface area contributed by atoms with Crippen molar-refractivity contribution in [2.24, 2.45) is 0 Å². The number of hydrogen-bond acceptors (Lipinski definition) is 2. The lowest BCUT2D eigenvalue weighted by molar-refractivity contribution is -0.118. The van der Waals surface area contributed by atoms with Crippen LogP contribution in [-0.4, -0.2) is 19.1 Å². The van der Waals surface area contributed by atoms with Crippen molar-refractivity contribution in [1.82, 2.24) is 0 Å². The zero-order valence-electron chi connectivity index (χ0n) is 11.6. The first kappa shape index (κ1) is 12.5. The minimum absolute atomic E-state index is 0.273. The largest absolute Gasteiger partial charge is 0.493 e. The number of rotatable bonds is 5. The molecule has 0 saturated carbocycles. The average molecular weight is 259 g/mol. The summed E-state index contributed by atoms with van der Waals surface area (Å²) < 4.78 is 5.93. The minimum atomic E-state index is 0.273. The molecule has 0 saturated heterocycles. The van der Waals surface area contributed by atoms with Crippen LogP contribution in [0.25, 0.3) is 0 Å². The molecule has 19 heavy (non-hydrogen) atoms. The lowest BCUT2D eigenvalue weighted by Gasteiger charge is -2.27. The third-order valence-corrected chi connectivity index (χ3v) is 4.09. The highest BCUT2D eigenvalue weighted by Gasteiger charge is 2.32. The molecule has 1 aromatic rings. The Morgan fingerprint density at radius 3 is 2.95 bits per heavy atom. The Balaban J connectivity index is 1.82. The third-order valence-electron chi connectivity index (χ3n) is 4.09. The lowest BCUT2D eigenvalue weighted by Crippen LogP contribution is -2.33. The molecule has 2 aliphatic heterocycles. The van der Waals surface area contributed by atoms with Crippen LogP contribution < -0.4 is 9.64 Å². The zero-order valence-corrected chi connectivity index (χ0v) is 11.6. The zero-order chi connectivity index (χ0) is 13.2. The van der Waals surface area contributed by atoms with Gasteiger partial charge in [-0.1, -0.05) is 25.8 Å². The number of anilines is 1. The number of carbonyl (C=O) groups is 1. The highest BCUT2D eigenvalue weighted by atomic mass is 16.5. The normalized spacial score (nSPS) is 16.7. The molecule has 0 aromatic heterocycles. The van der Waals surface area contributed by atoms with Gasteiger partial charge in [0.2, 0.25) is 5.91 Å². The van der Waals surface area contributed by atoms with Crippen LogP contribution in [-0.2, 0) is 17.6 Å². The molecule has 3 nitrogen and oxygen atoms in total. The molecule has 2 heterocycles. The molecule has 0 spiro atoms. The molecule has 1 amide bonds. The number of carbonyl (C=O) groups excluding carboxylic acids is 1. The Labute approximate surface area is 114 Å². The fraction of sp³-hybridized carbons (Fsp3) is 0.562. The Morgan fingerprint density at radius 2 is 2.11 bits per heavy atom. The summed E-state index contributed by atoms with van der Waals surface area (Å²) in [5.41, 5.74) is 3.72. The van der Waals surface area contributed by atoms with E-state index in [1.807, 2.05) is 4.90 Å². The molecular formula is C16H21NO2. The van der Waals surface area contributed by atoms with Gasteiger partial charge in [0, 0.05) is 18.5 Å². The average Bonchev–Trinajstić information content (AvgIpc) is 2.86. The number of amides is 1.